The van der Waals surface area contributed by atoms with Crippen LogP contribution in [0.2, 0.25) is 0 Å². The first kappa shape index (κ1) is 15.2. The van der Waals surface area contributed by atoms with Gasteiger partial charge in [-0.1, -0.05) is 12.1 Å². The second-order valence-electron chi connectivity index (χ2n) is 4.81. The van der Waals surface area contributed by atoms with Gasteiger partial charge in [-0.05, 0) is 43.7 Å². The van der Waals surface area contributed by atoms with Crippen molar-refractivity contribution < 1.29 is 18.3 Å². The van der Waals surface area contributed by atoms with E-state index in [-0.39, 0.29) is 16.2 Å². The molecule has 2 aromatic rings. The van der Waals surface area contributed by atoms with Crippen molar-refractivity contribution >= 4 is 15.8 Å². The molecule has 1 heterocycles. The van der Waals surface area contributed by atoms with Crippen LogP contribution in [0.1, 0.15) is 27.3 Å². The largest absolute Gasteiger partial charge is 0.478 e. The van der Waals surface area contributed by atoms with Gasteiger partial charge in [-0.25, -0.2) is 13.2 Å². The second kappa shape index (κ2) is 5.65. The fraction of sp³-hybridized carbons (Fsp3) is 0.200. The van der Waals surface area contributed by atoms with E-state index >= 15 is 0 Å². The Morgan fingerprint density at radius 3 is 2.52 bits per heavy atom. The van der Waals surface area contributed by atoms with Crippen LogP contribution < -0.4 is 0 Å². The maximum Gasteiger partial charge on any atom is 0.335 e. The van der Waals surface area contributed by atoms with Gasteiger partial charge in [0, 0.05) is 5.69 Å². The number of hydrogen-bond acceptors (Lipinski definition) is 4. The number of benzene rings is 1. The third-order valence-corrected chi connectivity index (χ3v) is 4.73. The number of aromatic nitrogens is 1. The van der Waals surface area contributed by atoms with Crippen LogP contribution in [0, 0.1) is 13.8 Å². The van der Waals surface area contributed by atoms with E-state index in [1.165, 1.54) is 18.2 Å². The lowest BCUT2D eigenvalue weighted by Crippen LogP contribution is -2.09. The molecule has 1 aromatic heterocycles. The zero-order chi connectivity index (χ0) is 15.6. The summed E-state index contributed by atoms with van der Waals surface area (Å²) in [6.45, 7) is 3.41. The molecule has 0 atom stereocenters. The van der Waals surface area contributed by atoms with E-state index in [1.807, 2.05) is 0 Å². The Bertz CT molecular complexity index is 797. The van der Waals surface area contributed by atoms with Crippen LogP contribution in [0.25, 0.3) is 0 Å². The van der Waals surface area contributed by atoms with Gasteiger partial charge in [-0.2, -0.15) is 0 Å². The van der Waals surface area contributed by atoms with E-state index in [1.54, 1.807) is 32.0 Å². The number of hydrogen-bond donors (Lipinski definition) is 1. The maximum absolute atomic E-state index is 12.4. The average molecular weight is 305 g/mol. The highest BCUT2D eigenvalue weighted by atomic mass is 32.2. The molecule has 110 valence electrons. The average Bonchev–Trinajstić information content (AvgIpc) is 2.38. The molecule has 0 aliphatic rings. The molecule has 1 N–H and O–H groups in total. The van der Waals surface area contributed by atoms with Crippen LogP contribution >= 0.6 is 0 Å². The topological polar surface area (TPSA) is 84.3 Å². The van der Waals surface area contributed by atoms with Crippen molar-refractivity contribution in [3.8, 4) is 0 Å². The van der Waals surface area contributed by atoms with E-state index in [4.69, 9.17) is 5.11 Å². The first-order valence-electron chi connectivity index (χ1n) is 6.29. The summed E-state index contributed by atoms with van der Waals surface area (Å²) in [5.74, 6) is -1.39. The highest BCUT2D eigenvalue weighted by Gasteiger charge is 2.19. The molecule has 0 radical (unpaired) electrons. The van der Waals surface area contributed by atoms with Crippen molar-refractivity contribution in [3.63, 3.8) is 0 Å². The number of aryl methyl sites for hydroxylation is 2. The highest BCUT2D eigenvalue weighted by molar-refractivity contribution is 7.90. The van der Waals surface area contributed by atoms with Crippen LogP contribution in [0.5, 0.6) is 0 Å². The molecule has 0 saturated carbocycles. The summed E-state index contributed by atoms with van der Waals surface area (Å²) in [7, 11) is -3.63. The zero-order valence-corrected chi connectivity index (χ0v) is 12.5. The molecule has 0 saturated heterocycles. The summed E-state index contributed by atoms with van der Waals surface area (Å²) in [5.41, 5.74) is 1.69. The molecular weight excluding hydrogens is 290 g/mol. The number of sulfone groups is 1. The van der Waals surface area contributed by atoms with E-state index < -0.39 is 15.8 Å². The lowest BCUT2D eigenvalue weighted by Gasteiger charge is -2.07. The number of carbonyl (C=O) groups is 1. The molecule has 0 aliphatic carbocycles. The van der Waals surface area contributed by atoms with Crippen molar-refractivity contribution in [1.82, 2.24) is 4.98 Å². The Balaban J connectivity index is 2.40. The summed E-state index contributed by atoms with van der Waals surface area (Å²) in [4.78, 5) is 15.3. The Labute approximate surface area is 123 Å². The SMILES string of the molecule is Cc1cccc(CS(=O)(=O)c2ccc(C)c(C(=O)O)c2)n1. The van der Waals surface area contributed by atoms with Crippen LogP contribution in [-0.4, -0.2) is 24.5 Å². The monoisotopic (exact) mass is 305 g/mol. The number of rotatable bonds is 4. The van der Waals surface area contributed by atoms with Crippen molar-refractivity contribution in [2.75, 3.05) is 0 Å². The van der Waals surface area contributed by atoms with E-state index in [0.29, 0.717) is 11.3 Å². The molecule has 0 fully saturated rings. The van der Waals surface area contributed by atoms with Gasteiger partial charge in [0.25, 0.3) is 0 Å². The van der Waals surface area contributed by atoms with E-state index in [2.05, 4.69) is 4.98 Å². The fourth-order valence-electron chi connectivity index (χ4n) is 1.98. The Morgan fingerprint density at radius 1 is 1.19 bits per heavy atom. The number of carboxylic acid groups (broad SMARTS) is 1. The van der Waals surface area contributed by atoms with Gasteiger partial charge in [0.1, 0.15) is 0 Å². The first-order valence-corrected chi connectivity index (χ1v) is 7.94. The van der Waals surface area contributed by atoms with E-state index in [9.17, 15) is 13.2 Å². The third kappa shape index (κ3) is 3.46. The van der Waals surface area contributed by atoms with Crippen LogP contribution in [-0.2, 0) is 15.6 Å². The number of pyridine rings is 1. The molecule has 21 heavy (non-hydrogen) atoms. The number of carboxylic acids is 1. The maximum atomic E-state index is 12.4. The minimum absolute atomic E-state index is 0.00574. The van der Waals surface area contributed by atoms with Crippen molar-refractivity contribution in [1.29, 1.82) is 0 Å². The van der Waals surface area contributed by atoms with Crippen LogP contribution in [0.3, 0.4) is 0 Å². The molecule has 2 rings (SSSR count). The van der Waals surface area contributed by atoms with Crippen molar-refractivity contribution in [2.45, 2.75) is 24.5 Å². The van der Waals surface area contributed by atoms with Gasteiger partial charge >= 0.3 is 5.97 Å². The Hall–Kier alpha value is -2.21. The Morgan fingerprint density at radius 2 is 1.90 bits per heavy atom. The third-order valence-electron chi connectivity index (χ3n) is 3.08. The fourth-order valence-corrected chi connectivity index (χ4v) is 3.27. The standard InChI is InChI=1S/C15H15NO4S/c1-10-6-7-13(8-14(10)15(17)18)21(19,20)9-12-5-3-4-11(2)16-12/h3-8H,9H2,1-2H3,(H,17,18). The van der Waals surface area contributed by atoms with Crippen molar-refractivity contribution in [3.05, 3.63) is 58.9 Å². The number of nitrogens with zero attached hydrogens (tertiary/aromatic N) is 1. The zero-order valence-electron chi connectivity index (χ0n) is 11.7. The van der Waals surface area contributed by atoms with E-state index in [0.717, 1.165) is 5.69 Å². The Kier molecular flexibility index (Phi) is 4.09. The summed E-state index contributed by atoms with van der Waals surface area (Å²) >= 11 is 0. The van der Waals surface area contributed by atoms with Crippen LogP contribution in [0.4, 0.5) is 0 Å². The predicted molar refractivity (Wildman–Crippen MR) is 78.0 cm³/mol. The highest BCUT2D eigenvalue weighted by Crippen LogP contribution is 2.19. The molecule has 0 unspecified atom stereocenters. The summed E-state index contributed by atoms with van der Waals surface area (Å²) in [5, 5.41) is 9.07. The molecular formula is C15H15NO4S. The number of aromatic carboxylic acids is 1. The first-order chi connectivity index (χ1) is 9.79. The van der Waals surface area contributed by atoms with Gasteiger partial charge in [-0.15, -0.1) is 0 Å². The smallest absolute Gasteiger partial charge is 0.335 e. The quantitative estimate of drug-likeness (QED) is 0.937. The lowest BCUT2D eigenvalue weighted by atomic mass is 10.1. The molecule has 0 bridgehead atoms. The van der Waals surface area contributed by atoms with Gasteiger partial charge in [-0.3, -0.25) is 4.98 Å². The minimum Gasteiger partial charge on any atom is -0.478 e. The second-order valence-corrected chi connectivity index (χ2v) is 6.80. The lowest BCUT2D eigenvalue weighted by molar-refractivity contribution is 0.0696. The normalized spacial score (nSPS) is 11.3. The minimum atomic E-state index is -3.63. The molecule has 6 heteroatoms. The molecule has 0 spiro atoms. The van der Waals surface area contributed by atoms with Crippen LogP contribution in [0.15, 0.2) is 41.3 Å². The van der Waals surface area contributed by atoms with Gasteiger partial charge in [0.2, 0.25) is 0 Å². The molecule has 5 nitrogen and oxygen atoms in total. The summed E-state index contributed by atoms with van der Waals surface area (Å²) < 4.78 is 24.7. The summed E-state index contributed by atoms with van der Waals surface area (Å²) in [6, 6.07) is 9.28. The van der Waals surface area contributed by atoms with Gasteiger partial charge in [0.05, 0.1) is 21.9 Å². The molecule has 0 amide bonds. The van der Waals surface area contributed by atoms with Gasteiger partial charge < -0.3 is 5.11 Å². The summed E-state index contributed by atoms with van der Waals surface area (Å²) in [6.07, 6.45) is 0. The van der Waals surface area contributed by atoms with Gasteiger partial charge in [0.15, 0.2) is 9.84 Å². The predicted octanol–water partition coefficient (Wildman–Crippen LogP) is 2.37. The van der Waals surface area contributed by atoms with Crippen molar-refractivity contribution in [2.24, 2.45) is 0 Å². The molecule has 0 aliphatic heterocycles. The molecule has 1 aromatic carbocycles.